The molecule has 0 aliphatic carbocycles. The number of aryl methyl sites for hydroxylation is 1. The van der Waals surface area contributed by atoms with E-state index in [9.17, 15) is 10.1 Å². The summed E-state index contributed by atoms with van der Waals surface area (Å²) < 4.78 is 1.85. The average molecular weight is 269 g/mol. The molecule has 0 N–H and O–H groups in total. The molecule has 20 heavy (non-hydrogen) atoms. The molecule has 0 spiro atoms. The Labute approximate surface area is 119 Å². The molecule has 0 fully saturated rings. The Kier molecular flexibility index (Phi) is 4.19. The Morgan fingerprint density at radius 2 is 2.15 bits per heavy atom. The molecule has 2 aromatic rings. The fraction of sp³-hybridized carbons (Fsp3) is 0.438. The van der Waals surface area contributed by atoms with E-state index in [2.05, 4.69) is 11.1 Å². The number of benzene rings is 1. The molecule has 1 heterocycles. The van der Waals surface area contributed by atoms with Crippen LogP contribution in [0.2, 0.25) is 0 Å². The summed E-state index contributed by atoms with van der Waals surface area (Å²) >= 11 is 0. The summed E-state index contributed by atoms with van der Waals surface area (Å²) in [5, 5.41) is 9.39. The molecule has 0 amide bonds. The van der Waals surface area contributed by atoms with Crippen molar-refractivity contribution in [1.29, 1.82) is 5.26 Å². The van der Waals surface area contributed by atoms with Crippen LogP contribution in [0, 0.1) is 17.2 Å². The predicted octanol–water partition coefficient (Wildman–Crippen LogP) is 3.19. The van der Waals surface area contributed by atoms with Gasteiger partial charge < -0.3 is 4.57 Å². The SMILES string of the molecule is CCCC(C)C(=O)C(C#N)c1nc2ccccc2n1C. The maximum absolute atomic E-state index is 12.4. The first-order valence-electron chi connectivity index (χ1n) is 6.94. The summed E-state index contributed by atoms with van der Waals surface area (Å²) in [6.07, 6.45) is 1.74. The van der Waals surface area contributed by atoms with Crippen LogP contribution in [0.5, 0.6) is 0 Å². The Morgan fingerprint density at radius 3 is 2.75 bits per heavy atom. The second-order valence-corrected chi connectivity index (χ2v) is 5.17. The van der Waals surface area contributed by atoms with Gasteiger partial charge in [0.25, 0.3) is 0 Å². The monoisotopic (exact) mass is 269 g/mol. The van der Waals surface area contributed by atoms with Gasteiger partial charge in [0, 0.05) is 13.0 Å². The summed E-state index contributed by atoms with van der Waals surface area (Å²) in [5.41, 5.74) is 1.76. The Balaban J connectivity index is 2.42. The van der Waals surface area contributed by atoms with Gasteiger partial charge in [0.2, 0.25) is 0 Å². The van der Waals surface area contributed by atoms with Crippen molar-refractivity contribution in [1.82, 2.24) is 9.55 Å². The number of hydrogen-bond acceptors (Lipinski definition) is 3. The third-order valence-corrected chi connectivity index (χ3v) is 3.70. The van der Waals surface area contributed by atoms with Crippen molar-refractivity contribution in [3.8, 4) is 6.07 Å². The van der Waals surface area contributed by atoms with Gasteiger partial charge in [-0.15, -0.1) is 0 Å². The van der Waals surface area contributed by atoms with Crippen molar-refractivity contribution in [2.24, 2.45) is 13.0 Å². The van der Waals surface area contributed by atoms with E-state index in [1.807, 2.05) is 49.7 Å². The molecule has 2 rings (SSSR count). The van der Waals surface area contributed by atoms with Crippen LogP contribution >= 0.6 is 0 Å². The van der Waals surface area contributed by atoms with Crippen LogP contribution in [-0.2, 0) is 11.8 Å². The fourth-order valence-corrected chi connectivity index (χ4v) is 2.53. The molecule has 0 saturated carbocycles. The summed E-state index contributed by atoms with van der Waals surface area (Å²) in [7, 11) is 1.85. The van der Waals surface area contributed by atoms with Crippen LogP contribution < -0.4 is 0 Å². The number of hydrogen-bond donors (Lipinski definition) is 0. The molecule has 0 aliphatic heterocycles. The van der Waals surface area contributed by atoms with Gasteiger partial charge >= 0.3 is 0 Å². The minimum Gasteiger partial charge on any atom is -0.330 e. The maximum atomic E-state index is 12.4. The number of carbonyl (C=O) groups is 1. The van der Waals surface area contributed by atoms with Crippen molar-refractivity contribution in [2.75, 3.05) is 0 Å². The van der Waals surface area contributed by atoms with Gasteiger partial charge in [-0.25, -0.2) is 4.98 Å². The first kappa shape index (κ1) is 14.3. The van der Waals surface area contributed by atoms with E-state index in [1.165, 1.54) is 0 Å². The van der Waals surface area contributed by atoms with Gasteiger partial charge in [-0.1, -0.05) is 32.4 Å². The molecular formula is C16H19N3O. The van der Waals surface area contributed by atoms with Gasteiger partial charge in [0.1, 0.15) is 5.82 Å². The van der Waals surface area contributed by atoms with Crippen molar-refractivity contribution in [3.63, 3.8) is 0 Å². The molecule has 0 aliphatic rings. The number of carbonyl (C=O) groups excluding carboxylic acids is 1. The maximum Gasteiger partial charge on any atom is 0.163 e. The number of para-hydroxylation sites is 2. The van der Waals surface area contributed by atoms with Crippen LogP contribution in [0.4, 0.5) is 0 Å². The van der Waals surface area contributed by atoms with Crippen LogP contribution in [0.1, 0.15) is 38.4 Å². The molecule has 0 saturated heterocycles. The molecule has 1 aromatic heterocycles. The highest BCUT2D eigenvalue weighted by molar-refractivity contribution is 5.90. The number of ketones is 1. The highest BCUT2D eigenvalue weighted by Gasteiger charge is 2.28. The molecule has 4 nitrogen and oxygen atoms in total. The topological polar surface area (TPSA) is 58.7 Å². The van der Waals surface area contributed by atoms with Gasteiger partial charge in [-0.05, 0) is 18.6 Å². The first-order valence-corrected chi connectivity index (χ1v) is 6.94. The standard InChI is InChI=1S/C16H19N3O/c1-4-7-11(2)15(20)12(10-17)16-18-13-8-5-6-9-14(13)19(16)3/h5-6,8-9,11-12H,4,7H2,1-3H3. The zero-order valence-electron chi connectivity index (χ0n) is 12.1. The third kappa shape index (κ3) is 2.44. The fourth-order valence-electron chi connectivity index (χ4n) is 2.53. The number of aromatic nitrogens is 2. The Bertz CT molecular complexity index is 666. The van der Waals surface area contributed by atoms with E-state index in [1.54, 1.807) is 0 Å². The zero-order chi connectivity index (χ0) is 14.7. The summed E-state index contributed by atoms with van der Waals surface area (Å²) in [6, 6.07) is 9.80. The number of Topliss-reactive ketones (excluding diaryl/α,β-unsaturated/α-hetero) is 1. The molecule has 104 valence electrons. The Hall–Kier alpha value is -2.15. The molecule has 2 atom stereocenters. The summed E-state index contributed by atoms with van der Waals surface area (Å²) in [6.45, 7) is 3.93. The van der Waals surface area contributed by atoms with Gasteiger partial charge in [-0.2, -0.15) is 5.26 Å². The number of rotatable bonds is 5. The largest absolute Gasteiger partial charge is 0.330 e. The second-order valence-electron chi connectivity index (χ2n) is 5.17. The van der Waals surface area contributed by atoms with Crippen LogP contribution in [0.25, 0.3) is 11.0 Å². The molecular weight excluding hydrogens is 250 g/mol. The molecule has 4 heteroatoms. The average Bonchev–Trinajstić information content (AvgIpc) is 2.78. The third-order valence-electron chi connectivity index (χ3n) is 3.70. The van der Waals surface area contributed by atoms with Gasteiger partial charge in [0.15, 0.2) is 11.7 Å². The molecule has 0 bridgehead atoms. The van der Waals surface area contributed by atoms with E-state index in [0.29, 0.717) is 5.82 Å². The van der Waals surface area contributed by atoms with E-state index in [-0.39, 0.29) is 11.7 Å². The molecule has 0 radical (unpaired) electrons. The minimum absolute atomic E-state index is 0.0345. The zero-order valence-corrected chi connectivity index (χ0v) is 12.1. The first-order chi connectivity index (χ1) is 9.60. The van der Waals surface area contributed by atoms with Crippen molar-refractivity contribution in [2.45, 2.75) is 32.6 Å². The van der Waals surface area contributed by atoms with Crippen molar-refractivity contribution in [3.05, 3.63) is 30.1 Å². The number of imidazole rings is 1. The quantitative estimate of drug-likeness (QED) is 0.837. The molecule has 1 aromatic carbocycles. The smallest absolute Gasteiger partial charge is 0.163 e. The number of fused-ring (bicyclic) bond motifs is 1. The number of nitrogens with zero attached hydrogens (tertiary/aromatic N) is 3. The van der Waals surface area contributed by atoms with E-state index in [0.717, 1.165) is 23.9 Å². The van der Waals surface area contributed by atoms with E-state index in [4.69, 9.17) is 0 Å². The number of nitriles is 1. The predicted molar refractivity (Wildman–Crippen MR) is 78.1 cm³/mol. The van der Waals surface area contributed by atoms with Crippen molar-refractivity contribution < 1.29 is 4.79 Å². The van der Waals surface area contributed by atoms with Gasteiger partial charge in [-0.3, -0.25) is 4.79 Å². The lowest BCUT2D eigenvalue weighted by Gasteiger charge is -2.13. The van der Waals surface area contributed by atoms with E-state index < -0.39 is 5.92 Å². The second kappa shape index (κ2) is 5.87. The molecule has 2 unspecified atom stereocenters. The Morgan fingerprint density at radius 1 is 1.45 bits per heavy atom. The van der Waals surface area contributed by atoms with Crippen LogP contribution in [0.15, 0.2) is 24.3 Å². The lowest BCUT2D eigenvalue weighted by molar-refractivity contribution is -0.123. The highest BCUT2D eigenvalue weighted by Crippen LogP contribution is 2.24. The lowest BCUT2D eigenvalue weighted by atomic mass is 9.91. The normalized spacial score (nSPS) is 13.9. The van der Waals surface area contributed by atoms with Crippen LogP contribution in [-0.4, -0.2) is 15.3 Å². The highest BCUT2D eigenvalue weighted by atomic mass is 16.1. The summed E-state index contributed by atoms with van der Waals surface area (Å²) in [5.74, 6) is -0.382. The summed E-state index contributed by atoms with van der Waals surface area (Å²) in [4.78, 5) is 16.9. The minimum atomic E-state index is -0.783. The van der Waals surface area contributed by atoms with Gasteiger partial charge in [0.05, 0.1) is 17.1 Å². The lowest BCUT2D eigenvalue weighted by Crippen LogP contribution is -2.21. The van der Waals surface area contributed by atoms with Crippen LogP contribution in [0.3, 0.4) is 0 Å². The van der Waals surface area contributed by atoms with E-state index >= 15 is 0 Å². The van der Waals surface area contributed by atoms with Crippen molar-refractivity contribution >= 4 is 16.8 Å².